The summed E-state index contributed by atoms with van der Waals surface area (Å²) in [7, 11) is 0. The van der Waals surface area contributed by atoms with Crippen molar-refractivity contribution in [1.29, 1.82) is 0 Å². The van der Waals surface area contributed by atoms with E-state index in [4.69, 9.17) is 9.47 Å². The summed E-state index contributed by atoms with van der Waals surface area (Å²) < 4.78 is 50.9. The quantitative estimate of drug-likeness (QED) is 0.662. The third kappa shape index (κ3) is 5.99. The van der Waals surface area contributed by atoms with E-state index in [1.807, 2.05) is 0 Å². The Morgan fingerprint density at radius 3 is 2.61 bits per heavy atom. The molecule has 2 heterocycles. The highest BCUT2D eigenvalue weighted by Gasteiger charge is 2.31. The van der Waals surface area contributed by atoms with Crippen LogP contribution in [0.4, 0.5) is 18.0 Å². The summed E-state index contributed by atoms with van der Waals surface area (Å²) in [6.45, 7) is 4.56. The summed E-state index contributed by atoms with van der Waals surface area (Å²) in [5, 5.41) is 4.39. The maximum atomic E-state index is 13.0. The Hall–Kier alpha value is -3.04. The Morgan fingerprint density at radius 2 is 1.90 bits per heavy atom. The van der Waals surface area contributed by atoms with Crippen LogP contribution in [-0.4, -0.2) is 39.9 Å². The first-order valence-electron chi connectivity index (χ1n) is 9.96. The third-order valence-electron chi connectivity index (χ3n) is 4.78. The molecular weight excluding hydrogens is 415 g/mol. The number of halogens is 3. The maximum Gasteiger partial charge on any atom is 0.416 e. The van der Waals surface area contributed by atoms with Crippen LogP contribution in [0.3, 0.4) is 0 Å². The molecule has 31 heavy (non-hydrogen) atoms. The first kappa shape index (κ1) is 22.6. The number of benzene rings is 1. The van der Waals surface area contributed by atoms with E-state index in [1.54, 1.807) is 30.7 Å². The average Bonchev–Trinajstić information content (AvgIpc) is 2.94. The number of aryl methyl sites for hydroxylation is 2. The zero-order valence-electron chi connectivity index (χ0n) is 17.4. The van der Waals surface area contributed by atoms with Gasteiger partial charge in [0.25, 0.3) is 0 Å². The molecule has 0 N–H and O–H groups in total. The molecule has 1 aliphatic rings. The second-order valence-corrected chi connectivity index (χ2v) is 7.37. The van der Waals surface area contributed by atoms with Crippen LogP contribution in [0.25, 0.3) is 0 Å². The van der Waals surface area contributed by atoms with Gasteiger partial charge in [0.2, 0.25) is 0 Å². The zero-order chi connectivity index (χ0) is 22.6. The van der Waals surface area contributed by atoms with Gasteiger partial charge in [-0.1, -0.05) is 11.6 Å². The van der Waals surface area contributed by atoms with Gasteiger partial charge in [-0.15, -0.1) is 0 Å². The van der Waals surface area contributed by atoms with E-state index in [0.717, 1.165) is 17.8 Å². The van der Waals surface area contributed by atoms with Gasteiger partial charge in [-0.05, 0) is 44.0 Å². The molecule has 0 radical (unpaired) electrons. The fourth-order valence-corrected chi connectivity index (χ4v) is 3.47. The minimum absolute atomic E-state index is 0.0488. The molecular formula is C21H24F3N3O4. The van der Waals surface area contributed by atoms with Crippen molar-refractivity contribution in [3.05, 3.63) is 52.3 Å². The van der Waals surface area contributed by atoms with Crippen LogP contribution >= 0.6 is 0 Å². The van der Waals surface area contributed by atoms with Gasteiger partial charge in [-0.2, -0.15) is 18.3 Å². The predicted octanol–water partition coefficient (Wildman–Crippen LogP) is 3.86. The molecule has 0 bridgehead atoms. The average molecular weight is 439 g/mol. The van der Waals surface area contributed by atoms with Crippen molar-refractivity contribution in [1.82, 2.24) is 14.7 Å². The highest BCUT2D eigenvalue weighted by molar-refractivity contribution is 5.72. The summed E-state index contributed by atoms with van der Waals surface area (Å²) in [6.07, 6.45) is -4.40. The Morgan fingerprint density at radius 1 is 1.13 bits per heavy atom. The second kappa shape index (κ2) is 9.40. The first-order valence-corrected chi connectivity index (χ1v) is 9.96. The molecule has 0 aliphatic carbocycles. The molecule has 0 unspecified atom stereocenters. The highest BCUT2D eigenvalue weighted by Crippen LogP contribution is 2.30. The number of rotatable bonds is 5. The molecule has 1 aliphatic heterocycles. The van der Waals surface area contributed by atoms with Crippen LogP contribution < -0.4 is 0 Å². The monoisotopic (exact) mass is 439 g/mol. The summed E-state index contributed by atoms with van der Waals surface area (Å²) >= 11 is 0. The van der Waals surface area contributed by atoms with Crippen molar-refractivity contribution < 1.29 is 32.2 Å². The number of hydrogen-bond acceptors (Lipinski definition) is 5. The number of alkyl halides is 3. The smallest absolute Gasteiger partial charge is 0.416 e. The van der Waals surface area contributed by atoms with Crippen LogP contribution in [0.1, 0.15) is 41.4 Å². The number of fused-ring (bicyclic) bond motifs is 1. The van der Waals surface area contributed by atoms with Crippen LogP contribution in [0.2, 0.25) is 0 Å². The van der Waals surface area contributed by atoms with Crippen molar-refractivity contribution in [3.63, 3.8) is 0 Å². The minimum Gasteiger partial charge on any atom is -0.466 e. The molecule has 0 saturated heterocycles. The van der Waals surface area contributed by atoms with Gasteiger partial charge >= 0.3 is 18.2 Å². The molecule has 0 saturated carbocycles. The summed E-state index contributed by atoms with van der Waals surface area (Å²) in [5.74, 6) is -0.372. The minimum atomic E-state index is -4.46. The van der Waals surface area contributed by atoms with Crippen LogP contribution in [0, 0.1) is 6.92 Å². The van der Waals surface area contributed by atoms with E-state index < -0.39 is 17.8 Å². The normalized spacial score (nSPS) is 14.0. The standard InChI is InChI=1S/C21H24F3N3O4/c1-3-30-19(28)11-17-10-18-12-26(5-4-6-27(18)25-17)20(29)31-13-15-7-14(2)8-16(9-15)21(22,23)24/h7-10H,3-6,11-13H2,1-2H3. The Labute approximate surface area is 177 Å². The summed E-state index contributed by atoms with van der Waals surface area (Å²) in [6, 6.07) is 5.34. The van der Waals surface area contributed by atoms with Gasteiger partial charge in [0.1, 0.15) is 6.61 Å². The van der Waals surface area contributed by atoms with Gasteiger partial charge in [-0.25, -0.2) is 4.79 Å². The van der Waals surface area contributed by atoms with Gasteiger partial charge in [-0.3, -0.25) is 9.48 Å². The predicted molar refractivity (Wildman–Crippen MR) is 104 cm³/mol. The molecule has 1 amide bonds. The molecule has 0 spiro atoms. The Bertz CT molecular complexity index is 956. The van der Waals surface area contributed by atoms with E-state index >= 15 is 0 Å². The van der Waals surface area contributed by atoms with Crippen LogP contribution in [0.15, 0.2) is 24.3 Å². The number of aromatic nitrogens is 2. The number of esters is 1. The largest absolute Gasteiger partial charge is 0.466 e. The molecule has 0 atom stereocenters. The highest BCUT2D eigenvalue weighted by atomic mass is 19.4. The van der Waals surface area contributed by atoms with Crippen molar-refractivity contribution in [2.45, 2.75) is 52.6 Å². The Balaban J connectivity index is 1.64. The van der Waals surface area contributed by atoms with Crippen molar-refractivity contribution in [2.75, 3.05) is 13.2 Å². The van der Waals surface area contributed by atoms with E-state index in [-0.39, 0.29) is 37.7 Å². The maximum absolute atomic E-state index is 13.0. The second-order valence-electron chi connectivity index (χ2n) is 7.37. The van der Waals surface area contributed by atoms with Crippen LogP contribution in [-0.2, 0) is 46.6 Å². The Kier molecular flexibility index (Phi) is 6.87. The van der Waals surface area contributed by atoms with E-state index in [0.29, 0.717) is 30.8 Å². The fourth-order valence-electron chi connectivity index (χ4n) is 3.47. The fraction of sp³-hybridized carbons (Fsp3) is 0.476. The SMILES string of the molecule is CCOC(=O)Cc1cc2n(n1)CCCN(C(=O)OCc1cc(C)cc(C(F)(F)F)c1)C2. The molecule has 1 aromatic heterocycles. The third-order valence-corrected chi connectivity index (χ3v) is 4.78. The zero-order valence-corrected chi connectivity index (χ0v) is 17.4. The van der Waals surface area contributed by atoms with Crippen molar-refractivity contribution in [3.8, 4) is 0 Å². The molecule has 0 fully saturated rings. The van der Waals surface area contributed by atoms with Gasteiger partial charge in [0.05, 0.1) is 36.5 Å². The van der Waals surface area contributed by atoms with Crippen LogP contribution in [0.5, 0.6) is 0 Å². The molecule has 168 valence electrons. The van der Waals surface area contributed by atoms with Crippen molar-refractivity contribution >= 4 is 12.1 Å². The van der Waals surface area contributed by atoms with Gasteiger partial charge in [0.15, 0.2) is 0 Å². The molecule has 10 heteroatoms. The summed E-state index contributed by atoms with van der Waals surface area (Å²) in [5.41, 5.74) is 1.25. The number of amides is 1. The lowest BCUT2D eigenvalue weighted by atomic mass is 10.1. The molecule has 1 aromatic carbocycles. The number of nitrogens with zero attached hydrogens (tertiary/aromatic N) is 3. The lowest BCUT2D eigenvalue weighted by molar-refractivity contribution is -0.142. The number of ether oxygens (including phenoxy) is 2. The first-order chi connectivity index (χ1) is 14.7. The van der Waals surface area contributed by atoms with Gasteiger partial charge in [0, 0.05) is 13.1 Å². The number of hydrogen-bond donors (Lipinski definition) is 0. The number of carbonyl (C=O) groups is 2. The van der Waals surface area contributed by atoms with Crippen molar-refractivity contribution in [2.24, 2.45) is 0 Å². The lowest BCUT2D eigenvalue weighted by Crippen LogP contribution is -2.31. The van der Waals surface area contributed by atoms with E-state index in [1.165, 1.54) is 4.90 Å². The topological polar surface area (TPSA) is 73.7 Å². The summed E-state index contributed by atoms with van der Waals surface area (Å²) in [4.78, 5) is 25.7. The molecule has 2 aromatic rings. The lowest BCUT2D eigenvalue weighted by Gasteiger charge is -2.20. The van der Waals surface area contributed by atoms with E-state index in [9.17, 15) is 22.8 Å². The number of carbonyl (C=O) groups excluding carboxylic acids is 2. The molecule has 7 nitrogen and oxygen atoms in total. The molecule has 3 rings (SSSR count). The van der Waals surface area contributed by atoms with Gasteiger partial charge < -0.3 is 14.4 Å². The van der Waals surface area contributed by atoms with E-state index in [2.05, 4.69) is 5.10 Å².